The molecule has 1 heterocycles. The molecule has 32 heavy (non-hydrogen) atoms. The van der Waals surface area contributed by atoms with Gasteiger partial charge in [-0.1, -0.05) is 42.5 Å². The van der Waals surface area contributed by atoms with Gasteiger partial charge in [-0.25, -0.2) is 9.82 Å². The molecule has 6 heteroatoms. The maximum atomic E-state index is 14.7. The number of hydrazone groups is 1. The lowest BCUT2D eigenvalue weighted by Crippen LogP contribution is -2.42. The molecule has 0 spiro atoms. The zero-order valence-corrected chi connectivity index (χ0v) is 18.6. The van der Waals surface area contributed by atoms with Crippen molar-refractivity contribution in [1.29, 1.82) is 0 Å². The van der Waals surface area contributed by atoms with Crippen LogP contribution in [0, 0.1) is 5.82 Å². The van der Waals surface area contributed by atoms with Crippen LogP contribution >= 0.6 is 0 Å². The first-order chi connectivity index (χ1) is 15.3. The predicted molar refractivity (Wildman–Crippen MR) is 128 cm³/mol. The van der Waals surface area contributed by atoms with E-state index in [2.05, 4.69) is 30.5 Å². The number of ether oxygens (including phenoxy) is 1. The lowest BCUT2D eigenvalue weighted by atomic mass is 9.88. The largest absolute Gasteiger partial charge is 0.483 e. The molecular weight excluding hydrogens is 405 g/mol. The van der Waals surface area contributed by atoms with E-state index in [1.165, 1.54) is 12.3 Å². The van der Waals surface area contributed by atoms with Gasteiger partial charge in [0, 0.05) is 29.2 Å². The molecule has 4 rings (SSSR count). The first-order valence-electron chi connectivity index (χ1n) is 10.5. The molecule has 0 unspecified atom stereocenters. The van der Waals surface area contributed by atoms with Crippen molar-refractivity contribution >= 4 is 34.2 Å². The van der Waals surface area contributed by atoms with Crippen LogP contribution in [0.3, 0.4) is 0 Å². The van der Waals surface area contributed by atoms with E-state index in [9.17, 15) is 9.18 Å². The minimum absolute atomic E-state index is 0.195. The van der Waals surface area contributed by atoms with E-state index in [0.29, 0.717) is 11.3 Å². The Morgan fingerprint density at radius 3 is 2.75 bits per heavy atom. The van der Waals surface area contributed by atoms with E-state index in [4.69, 9.17) is 4.74 Å². The van der Waals surface area contributed by atoms with Crippen LogP contribution in [-0.4, -0.2) is 31.3 Å². The molecule has 0 saturated heterocycles. The summed E-state index contributed by atoms with van der Waals surface area (Å²) in [4.78, 5) is 14.2. The number of nitrogens with zero attached hydrogens (tertiary/aromatic N) is 2. The third-order valence-corrected chi connectivity index (χ3v) is 5.84. The minimum Gasteiger partial charge on any atom is -0.483 e. The van der Waals surface area contributed by atoms with Gasteiger partial charge >= 0.3 is 0 Å². The third-order valence-electron chi connectivity index (χ3n) is 5.84. The van der Waals surface area contributed by atoms with E-state index in [1.807, 2.05) is 61.3 Å². The molecule has 0 fully saturated rings. The zero-order valence-electron chi connectivity index (χ0n) is 18.6. The molecule has 0 aliphatic carbocycles. The van der Waals surface area contributed by atoms with Gasteiger partial charge in [0.15, 0.2) is 6.61 Å². The molecule has 164 valence electrons. The van der Waals surface area contributed by atoms with Gasteiger partial charge in [-0.05, 0) is 49.9 Å². The molecule has 0 bridgehead atoms. The summed E-state index contributed by atoms with van der Waals surface area (Å²) in [5.41, 5.74) is 5.36. The molecule has 0 saturated carbocycles. The fourth-order valence-electron chi connectivity index (χ4n) is 3.96. The second-order valence-electron chi connectivity index (χ2n) is 8.49. The zero-order chi connectivity index (χ0) is 22.9. The van der Waals surface area contributed by atoms with Crippen LogP contribution in [0.25, 0.3) is 16.3 Å². The van der Waals surface area contributed by atoms with E-state index < -0.39 is 11.7 Å². The molecule has 5 nitrogen and oxygen atoms in total. The highest BCUT2D eigenvalue weighted by Crippen LogP contribution is 2.38. The highest BCUT2D eigenvalue weighted by molar-refractivity contribution is 5.90. The summed E-state index contributed by atoms with van der Waals surface area (Å²) >= 11 is 0. The van der Waals surface area contributed by atoms with Crippen molar-refractivity contribution in [3.8, 4) is 5.75 Å². The van der Waals surface area contributed by atoms with Gasteiger partial charge < -0.3 is 9.64 Å². The van der Waals surface area contributed by atoms with Crippen LogP contribution in [0.2, 0.25) is 0 Å². The monoisotopic (exact) mass is 431 g/mol. The molecule has 1 amide bonds. The molecule has 1 aliphatic rings. The van der Waals surface area contributed by atoms with E-state index in [1.54, 1.807) is 6.07 Å². The summed E-state index contributed by atoms with van der Waals surface area (Å²) < 4.78 is 20.4. The van der Waals surface area contributed by atoms with Crippen molar-refractivity contribution in [2.24, 2.45) is 5.10 Å². The lowest BCUT2D eigenvalue weighted by Gasteiger charge is -2.40. The number of hydrogen-bond acceptors (Lipinski definition) is 4. The Kier molecular flexibility index (Phi) is 5.70. The Morgan fingerprint density at radius 1 is 1.19 bits per heavy atom. The maximum absolute atomic E-state index is 14.7. The predicted octanol–water partition coefficient (Wildman–Crippen LogP) is 5.14. The number of amides is 1. The van der Waals surface area contributed by atoms with Gasteiger partial charge in [0.1, 0.15) is 11.6 Å². The fourth-order valence-corrected chi connectivity index (χ4v) is 3.96. The minimum atomic E-state index is -0.426. The van der Waals surface area contributed by atoms with Crippen molar-refractivity contribution in [1.82, 2.24) is 5.43 Å². The van der Waals surface area contributed by atoms with E-state index in [0.717, 1.165) is 27.6 Å². The molecule has 3 aromatic carbocycles. The van der Waals surface area contributed by atoms with Gasteiger partial charge in [-0.3, -0.25) is 4.79 Å². The SMILES string of the molecule is CC1=CC(C)(C)N(C)c2cc(F)c(/C=N/NC(=O)COc3cccc4ccccc34)cc21. The molecular formula is C26H26FN3O2. The summed E-state index contributed by atoms with van der Waals surface area (Å²) in [6.07, 6.45) is 3.47. The maximum Gasteiger partial charge on any atom is 0.277 e. The van der Waals surface area contributed by atoms with Crippen LogP contribution in [0.4, 0.5) is 10.1 Å². The number of halogens is 1. The molecule has 1 N–H and O–H groups in total. The van der Waals surface area contributed by atoms with E-state index in [-0.39, 0.29) is 12.1 Å². The highest BCUT2D eigenvalue weighted by atomic mass is 19.1. The average Bonchev–Trinajstić information content (AvgIpc) is 2.76. The number of rotatable bonds is 5. The number of carbonyl (C=O) groups excluding carboxylic acids is 1. The topological polar surface area (TPSA) is 53.9 Å². The number of hydrogen-bond donors (Lipinski definition) is 1. The summed E-state index contributed by atoms with van der Waals surface area (Å²) in [6.45, 7) is 5.99. The average molecular weight is 432 g/mol. The summed E-state index contributed by atoms with van der Waals surface area (Å²) in [5.74, 6) is -0.200. The van der Waals surface area contributed by atoms with Crippen LogP contribution in [0.15, 0.2) is 65.8 Å². The highest BCUT2D eigenvalue weighted by Gasteiger charge is 2.29. The van der Waals surface area contributed by atoms with Gasteiger partial charge in [0.25, 0.3) is 5.91 Å². The summed E-state index contributed by atoms with van der Waals surface area (Å²) in [7, 11) is 1.95. The number of nitrogens with one attached hydrogen (secondary N) is 1. The first kappa shape index (κ1) is 21.6. The van der Waals surface area contributed by atoms with Crippen molar-refractivity contribution in [2.45, 2.75) is 26.3 Å². The van der Waals surface area contributed by atoms with Gasteiger partial charge in [-0.2, -0.15) is 5.10 Å². The van der Waals surface area contributed by atoms with Crippen LogP contribution in [0.5, 0.6) is 5.75 Å². The quantitative estimate of drug-likeness (QED) is 0.450. The smallest absolute Gasteiger partial charge is 0.277 e. The Morgan fingerprint density at radius 2 is 1.94 bits per heavy atom. The number of likely N-dealkylation sites (N-methyl/N-ethyl adjacent to an activating group) is 1. The molecule has 0 radical (unpaired) electrons. The van der Waals surface area contributed by atoms with Gasteiger partial charge in [0.05, 0.1) is 11.8 Å². The Hall–Kier alpha value is -3.67. The first-order valence-corrected chi connectivity index (χ1v) is 10.5. The van der Waals surface area contributed by atoms with Crippen molar-refractivity contribution in [3.63, 3.8) is 0 Å². The van der Waals surface area contributed by atoms with Gasteiger partial charge in [0.2, 0.25) is 0 Å². The Bertz CT molecular complexity index is 1240. The van der Waals surface area contributed by atoms with Crippen molar-refractivity contribution < 1.29 is 13.9 Å². The van der Waals surface area contributed by atoms with Crippen molar-refractivity contribution in [2.75, 3.05) is 18.6 Å². The number of anilines is 1. The van der Waals surface area contributed by atoms with Crippen LogP contribution < -0.4 is 15.1 Å². The number of allylic oxidation sites excluding steroid dienone is 1. The third kappa shape index (κ3) is 4.21. The van der Waals surface area contributed by atoms with E-state index >= 15 is 0 Å². The normalized spacial score (nSPS) is 14.9. The number of fused-ring (bicyclic) bond motifs is 2. The second kappa shape index (κ2) is 8.46. The summed E-state index contributed by atoms with van der Waals surface area (Å²) in [5, 5.41) is 5.88. The second-order valence-corrected chi connectivity index (χ2v) is 8.49. The van der Waals surface area contributed by atoms with Crippen LogP contribution in [-0.2, 0) is 4.79 Å². The number of carbonyl (C=O) groups is 1. The summed E-state index contributed by atoms with van der Waals surface area (Å²) in [6, 6.07) is 16.7. The van der Waals surface area contributed by atoms with Crippen LogP contribution in [0.1, 0.15) is 31.9 Å². The Labute approximate surface area is 187 Å². The van der Waals surface area contributed by atoms with Crippen molar-refractivity contribution in [3.05, 3.63) is 77.6 Å². The fraction of sp³-hybridized carbons (Fsp3) is 0.231. The lowest BCUT2D eigenvalue weighted by molar-refractivity contribution is -0.123. The standard InChI is InChI=1S/C26H26FN3O2/c1-17-14-26(2,3)30(4)23-13-22(27)19(12-21(17)23)15-28-29-25(31)16-32-24-11-7-9-18-8-5-6-10-20(18)24/h5-15H,16H2,1-4H3,(H,29,31)/b28-15+. The molecule has 3 aromatic rings. The molecule has 1 aliphatic heterocycles. The Balaban J connectivity index is 1.43. The molecule has 0 atom stereocenters. The van der Waals surface area contributed by atoms with Gasteiger partial charge in [-0.15, -0.1) is 0 Å². The number of benzene rings is 3. The molecule has 0 aromatic heterocycles.